The molecular weight excluding hydrogens is 195 g/mol. The van der Waals surface area contributed by atoms with E-state index in [1.165, 1.54) is 43.4 Å². The molecule has 0 spiro atoms. The van der Waals surface area contributed by atoms with Gasteiger partial charge in [-0.1, -0.05) is 39.0 Å². The zero-order valence-corrected chi connectivity index (χ0v) is 9.71. The van der Waals surface area contributed by atoms with Crippen LogP contribution in [0.3, 0.4) is 0 Å². The molecule has 0 N–H and O–H groups in total. The van der Waals surface area contributed by atoms with Gasteiger partial charge in [-0.15, -0.1) is 11.3 Å². The van der Waals surface area contributed by atoms with E-state index in [2.05, 4.69) is 6.92 Å². The third-order valence-electron chi connectivity index (χ3n) is 2.49. The lowest BCUT2D eigenvalue weighted by molar-refractivity contribution is 0.584. The Hall–Kier alpha value is -0.370. The fourth-order valence-electron chi connectivity index (χ4n) is 1.58. The minimum absolute atomic E-state index is 0.0106. The monoisotopic (exact) mass is 214 g/mol. The van der Waals surface area contributed by atoms with Crippen molar-refractivity contribution in [1.82, 2.24) is 0 Å². The summed E-state index contributed by atoms with van der Waals surface area (Å²) in [7, 11) is 0. The first-order valence-corrected chi connectivity index (χ1v) is 6.49. The van der Waals surface area contributed by atoms with E-state index in [9.17, 15) is 4.39 Å². The fourth-order valence-corrected chi connectivity index (χ4v) is 2.32. The molecule has 0 saturated heterocycles. The second-order valence-corrected chi connectivity index (χ2v) is 4.51. The highest BCUT2D eigenvalue weighted by Gasteiger charge is 2.01. The molecule has 2 heteroatoms. The zero-order valence-electron chi connectivity index (χ0n) is 8.89. The van der Waals surface area contributed by atoms with Crippen molar-refractivity contribution in [2.75, 3.05) is 0 Å². The Labute approximate surface area is 90.2 Å². The summed E-state index contributed by atoms with van der Waals surface area (Å²) < 4.78 is 13.0. The molecule has 0 aliphatic rings. The predicted molar refractivity (Wildman–Crippen MR) is 61.4 cm³/mol. The molecule has 0 aromatic carbocycles. The molecule has 0 fully saturated rings. The Kier molecular flexibility index (Phi) is 5.85. The van der Waals surface area contributed by atoms with Crippen LogP contribution in [0, 0.1) is 5.82 Å². The molecule has 0 radical (unpaired) electrons. The van der Waals surface area contributed by atoms with Crippen molar-refractivity contribution in [1.29, 1.82) is 0 Å². The highest BCUT2D eigenvalue weighted by molar-refractivity contribution is 7.08. The van der Waals surface area contributed by atoms with Crippen LogP contribution in [0.25, 0.3) is 0 Å². The molecule has 1 heterocycles. The first-order valence-electron chi connectivity index (χ1n) is 5.55. The minimum atomic E-state index is -0.0106. The third-order valence-corrected chi connectivity index (χ3v) is 3.25. The highest BCUT2D eigenvalue weighted by atomic mass is 32.1. The molecule has 0 atom stereocenters. The highest BCUT2D eigenvalue weighted by Crippen LogP contribution is 2.16. The van der Waals surface area contributed by atoms with Crippen LogP contribution in [-0.2, 0) is 6.42 Å². The lowest BCUT2D eigenvalue weighted by Gasteiger charge is -1.99. The van der Waals surface area contributed by atoms with E-state index in [1.807, 2.05) is 5.38 Å². The molecule has 1 aromatic rings. The van der Waals surface area contributed by atoms with Gasteiger partial charge in [-0.25, -0.2) is 4.39 Å². The molecule has 1 aromatic heterocycles. The lowest BCUT2D eigenvalue weighted by atomic mass is 10.1. The molecule has 0 saturated carbocycles. The molecule has 14 heavy (non-hydrogen) atoms. The Morgan fingerprint density at radius 3 is 2.43 bits per heavy atom. The molecule has 0 unspecified atom stereocenters. The normalized spacial score (nSPS) is 10.7. The molecule has 0 amide bonds. The summed E-state index contributed by atoms with van der Waals surface area (Å²) in [5, 5.41) is 3.52. The Morgan fingerprint density at radius 2 is 1.79 bits per heavy atom. The van der Waals surface area contributed by atoms with E-state index >= 15 is 0 Å². The topological polar surface area (TPSA) is 0 Å². The quantitative estimate of drug-likeness (QED) is 0.572. The summed E-state index contributed by atoms with van der Waals surface area (Å²) in [5.74, 6) is -0.0106. The van der Waals surface area contributed by atoms with E-state index in [1.54, 1.807) is 5.38 Å². The Balaban J connectivity index is 2.02. The number of hydrogen-bond donors (Lipinski definition) is 0. The van der Waals surface area contributed by atoms with Crippen molar-refractivity contribution >= 4 is 11.3 Å². The molecular formula is C12H19FS. The van der Waals surface area contributed by atoms with Crippen molar-refractivity contribution in [2.45, 2.75) is 51.9 Å². The average Bonchev–Trinajstić information content (AvgIpc) is 2.58. The summed E-state index contributed by atoms with van der Waals surface area (Å²) in [6.07, 6.45) is 8.57. The lowest BCUT2D eigenvalue weighted by Crippen LogP contribution is -1.86. The van der Waals surface area contributed by atoms with Crippen molar-refractivity contribution < 1.29 is 4.39 Å². The number of rotatable bonds is 7. The van der Waals surface area contributed by atoms with Gasteiger partial charge in [-0.2, -0.15) is 0 Å². The van der Waals surface area contributed by atoms with Crippen LogP contribution < -0.4 is 0 Å². The maximum absolute atomic E-state index is 13.0. The van der Waals surface area contributed by atoms with Crippen molar-refractivity contribution in [2.24, 2.45) is 0 Å². The van der Waals surface area contributed by atoms with Gasteiger partial charge >= 0.3 is 0 Å². The number of hydrogen-bond acceptors (Lipinski definition) is 1. The third kappa shape index (κ3) is 4.23. The van der Waals surface area contributed by atoms with Gasteiger partial charge in [-0.05, 0) is 23.8 Å². The SMILES string of the molecule is CCCCCCCCc1cscc1F. The standard InChI is InChI=1S/C12H19FS/c1-2-3-4-5-6-7-8-11-9-14-10-12(11)13/h9-10H,2-8H2,1H3. The van der Waals surface area contributed by atoms with Gasteiger partial charge in [0.05, 0.1) is 0 Å². The van der Waals surface area contributed by atoms with Gasteiger partial charge in [0.2, 0.25) is 0 Å². The summed E-state index contributed by atoms with van der Waals surface area (Å²) in [5.41, 5.74) is 0.908. The summed E-state index contributed by atoms with van der Waals surface area (Å²) in [4.78, 5) is 0. The van der Waals surface area contributed by atoms with E-state index in [4.69, 9.17) is 0 Å². The van der Waals surface area contributed by atoms with Crippen molar-refractivity contribution in [3.8, 4) is 0 Å². The van der Waals surface area contributed by atoms with Crippen LogP contribution in [-0.4, -0.2) is 0 Å². The molecule has 0 aliphatic carbocycles. The molecule has 0 bridgehead atoms. The molecule has 0 aliphatic heterocycles. The van der Waals surface area contributed by atoms with E-state index in [-0.39, 0.29) is 5.82 Å². The van der Waals surface area contributed by atoms with Gasteiger partial charge in [0, 0.05) is 5.38 Å². The van der Waals surface area contributed by atoms with E-state index < -0.39 is 0 Å². The van der Waals surface area contributed by atoms with Crippen LogP contribution in [0.4, 0.5) is 4.39 Å². The Bertz CT molecular complexity index is 242. The first kappa shape index (κ1) is 11.7. The van der Waals surface area contributed by atoms with Crippen LogP contribution in [0.15, 0.2) is 10.8 Å². The first-order chi connectivity index (χ1) is 6.84. The smallest absolute Gasteiger partial charge is 0.137 e. The molecule has 1 rings (SSSR count). The zero-order chi connectivity index (χ0) is 10.2. The number of unbranched alkanes of at least 4 members (excludes halogenated alkanes) is 5. The predicted octanol–water partition coefficient (Wildman–Crippen LogP) is 4.79. The Morgan fingerprint density at radius 1 is 1.07 bits per heavy atom. The van der Waals surface area contributed by atoms with Gasteiger partial charge in [0.1, 0.15) is 5.82 Å². The van der Waals surface area contributed by atoms with Crippen molar-refractivity contribution in [3.05, 3.63) is 22.1 Å². The fraction of sp³-hybridized carbons (Fsp3) is 0.667. The summed E-state index contributed by atoms with van der Waals surface area (Å²) in [6.45, 7) is 2.22. The van der Waals surface area contributed by atoms with Crippen molar-refractivity contribution in [3.63, 3.8) is 0 Å². The molecule has 80 valence electrons. The summed E-state index contributed by atoms with van der Waals surface area (Å²) >= 11 is 1.46. The van der Waals surface area contributed by atoms with Crippen LogP contribution >= 0.6 is 11.3 Å². The maximum atomic E-state index is 13.0. The second-order valence-electron chi connectivity index (χ2n) is 3.76. The van der Waals surface area contributed by atoms with E-state index in [0.717, 1.165) is 18.4 Å². The summed E-state index contributed by atoms with van der Waals surface area (Å²) in [6, 6.07) is 0. The van der Waals surface area contributed by atoms with Crippen LogP contribution in [0.2, 0.25) is 0 Å². The minimum Gasteiger partial charge on any atom is -0.206 e. The van der Waals surface area contributed by atoms with E-state index in [0.29, 0.717) is 0 Å². The maximum Gasteiger partial charge on any atom is 0.137 e. The van der Waals surface area contributed by atoms with Crippen LogP contribution in [0.5, 0.6) is 0 Å². The van der Waals surface area contributed by atoms with Gasteiger partial charge in [0.25, 0.3) is 0 Å². The van der Waals surface area contributed by atoms with Gasteiger partial charge in [0.15, 0.2) is 0 Å². The van der Waals surface area contributed by atoms with Gasteiger partial charge < -0.3 is 0 Å². The molecule has 0 nitrogen and oxygen atoms in total. The van der Waals surface area contributed by atoms with Gasteiger partial charge in [-0.3, -0.25) is 0 Å². The largest absolute Gasteiger partial charge is 0.206 e. The number of thiophene rings is 1. The number of aryl methyl sites for hydroxylation is 1. The van der Waals surface area contributed by atoms with Crippen LogP contribution in [0.1, 0.15) is 51.0 Å². The second kappa shape index (κ2) is 6.99. The number of halogens is 1. The average molecular weight is 214 g/mol.